The summed E-state index contributed by atoms with van der Waals surface area (Å²) in [5, 5.41) is 5.89. The van der Waals surface area contributed by atoms with Gasteiger partial charge in [-0.1, -0.05) is 42.0 Å². The number of hydrogen-bond donors (Lipinski definition) is 2. The largest absolute Gasteiger partial charge is 0.351 e. The van der Waals surface area contributed by atoms with Crippen molar-refractivity contribution in [1.82, 2.24) is 10.6 Å². The minimum Gasteiger partial charge on any atom is -0.351 e. The van der Waals surface area contributed by atoms with Crippen molar-refractivity contribution in [2.24, 2.45) is 0 Å². The molecule has 0 aliphatic carbocycles. The lowest BCUT2D eigenvalue weighted by Crippen LogP contribution is -2.34. The normalized spacial score (nSPS) is 15.0. The molecule has 0 saturated heterocycles. The molecule has 2 rings (SSSR count). The maximum Gasteiger partial charge on any atom is 0.235 e. The van der Waals surface area contributed by atoms with Crippen molar-refractivity contribution in [3.63, 3.8) is 0 Å². The third-order valence-electron chi connectivity index (χ3n) is 3.79. The van der Waals surface area contributed by atoms with Crippen molar-refractivity contribution in [3.8, 4) is 0 Å². The minimum absolute atomic E-state index is 0.0436. The molecule has 1 amide bonds. The van der Waals surface area contributed by atoms with E-state index in [0.717, 1.165) is 30.6 Å². The van der Waals surface area contributed by atoms with Crippen LogP contribution in [0.1, 0.15) is 18.4 Å². The lowest BCUT2D eigenvalue weighted by Gasteiger charge is -2.14. The molecular weight excluding hydrogens is 312 g/mol. The predicted molar refractivity (Wildman–Crippen MR) is 92.0 cm³/mol. The number of benzene rings is 1. The highest BCUT2D eigenvalue weighted by molar-refractivity contribution is 7.92. The summed E-state index contributed by atoms with van der Waals surface area (Å²) in [5.74, 6) is -0.793. The van der Waals surface area contributed by atoms with Gasteiger partial charge in [0.2, 0.25) is 5.91 Å². The van der Waals surface area contributed by atoms with Gasteiger partial charge in [-0.05, 0) is 31.4 Å². The Balaban J connectivity index is 1.69. The smallest absolute Gasteiger partial charge is 0.235 e. The Morgan fingerprint density at radius 2 is 2.00 bits per heavy atom. The predicted octanol–water partition coefficient (Wildman–Crippen LogP) is 1.07. The molecule has 2 N–H and O–H groups in total. The van der Waals surface area contributed by atoms with Gasteiger partial charge in [0.05, 0.1) is 5.75 Å². The first-order chi connectivity index (χ1) is 11.1. The van der Waals surface area contributed by atoms with Gasteiger partial charge in [-0.15, -0.1) is 0 Å². The van der Waals surface area contributed by atoms with Crippen LogP contribution in [0.3, 0.4) is 0 Å². The average molecular weight is 336 g/mol. The summed E-state index contributed by atoms with van der Waals surface area (Å²) in [4.78, 5) is 11.8. The molecule has 0 radical (unpaired) electrons. The first-order valence-corrected chi connectivity index (χ1v) is 9.77. The molecule has 0 bridgehead atoms. The number of amides is 1. The van der Waals surface area contributed by atoms with E-state index in [0.29, 0.717) is 19.4 Å². The SMILES string of the molecule is O=C(CS(=O)(=O)CCCc1ccccc1)NCC1=CCNCC1. The van der Waals surface area contributed by atoms with Crippen molar-refractivity contribution < 1.29 is 13.2 Å². The van der Waals surface area contributed by atoms with Crippen molar-refractivity contribution in [2.45, 2.75) is 19.3 Å². The highest BCUT2D eigenvalue weighted by Crippen LogP contribution is 2.05. The highest BCUT2D eigenvalue weighted by Gasteiger charge is 2.16. The Labute approximate surface area is 138 Å². The van der Waals surface area contributed by atoms with Crippen LogP contribution in [0.15, 0.2) is 42.0 Å². The second-order valence-corrected chi connectivity index (χ2v) is 7.96. The Morgan fingerprint density at radius 1 is 1.22 bits per heavy atom. The van der Waals surface area contributed by atoms with Gasteiger partial charge >= 0.3 is 0 Å². The average Bonchev–Trinajstić information content (AvgIpc) is 2.54. The fourth-order valence-electron chi connectivity index (χ4n) is 2.51. The number of rotatable bonds is 8. The Bertz CT molecular complexity index is 639. The number of aryl methyl sites for hydroxylation is 1. The zero-order chi connectivity index (χ0) is 16.5. The molecular formula is C17H24N2O3S. The monoisotopic (exact) mass is 336 g/mol. The van der Waals surface area contributed by atoms with Gasteiger partial charge in [-0.25, -0.2) is 8.42 Å². The van der Waals surface area contributed by atoms with Crippen LogP contribution in [0.5, 0.6) is 0 Å². The van der Waals surface area contributed by atoms with Gasteiger partial charge in [0.25, 0.3) is 0 Å². The highest BCUT2D eigenvalue weighted by atomic mass is 32.2. The van der Waals surface area contributed by atoms with Crippen molar-refractivity contribution in [3.05, 3.63) is 47.5 Å². The van der Waals surface area contributed by atoms with Gasteiger partial charge in [-0.3, -0.25) is 4.79 Å². The van der Waals surface area contributed by atoms with Crippen LogP contribution in [0.2, 0.25) is 0 Å². The molecule has 1 aromatic carbocycles. The summed E-state index contributed by atoms with van der Waals surface area (Å²) in [6.45, 7) is 2.16. The van der Waals surface area contributed by atoms with E-state index in [4.69, 9.17) is 0 Å². The quantitative estimate of drug-likeness (QED) is 0.697. The van der Waals surface area contributed by atoms with Gasteiger partial charge < -0.3 is 10.6 Å². The Hall–Kier alpha value is -1.66. The van der Waals surface area contributed by atoms with Crippen LogP contribution in [-0.4, -0.2) is 45.5 Å². The number of hydrogen-bond acceptors (Lipinski definition) is 4. The van der Waals surface area contributed by atoms with Crippen LogP contribution in [0.25, 0.3) is 0 Å². The number of carbonyl (C=O) groups excluding carboxylic acids is 1. The fourth-order valence-corrected chi connectivity index (χ4v) is 3.74. The van der Waals surface area contributed by atoms with Crippen LogP contribution in [0, 0.1) is 0 Å². The molecule has 5 nitrogen and oxygen atoms in total. The van der Waals surface area contributed by atoms with E-state index in [1.807, 2.05) is 36.4 Å². The molecule has 1 aliphatic rings. The van der Waals surface area contributed by atoms with Crippen molar-refractivity contribution in [2.75, 3.05) is 31.1 Å². The summed E-state index contributed by atoms with van der Waals surface area (Å²) in [6, 6.07) is 9.76. The zero-order valence-electron chi connectivity index (χ0n) is 13.3. The molecule has 0 atom stereocenters. The number of carbonyl (C=O) groups is 1. The van der Waals surface area contributed by atoms with Crippen LogP contribution < -0.4 is 10.6 Å². The lowest BCUT2D eigenvalue weighted by atomic mass is 10.1. The zero-order valence-corrected chi connectivity index (χ0v) is 14.1. The van der Waals surface area contributed by atoms with Crippen molar-refractivity contribution >= 4 is 15.7 Å². The van der Waals surface area contributed by atoms with Gasteiger partial charge in [0, 0.05) is 13.1 Å². The standard InChI is InChI=1S/C17H24N2O3S/c20-17(19-13-16-8-10-18-11-9-16)14-23(21,22)12-4-7-15-5-2-1-3-6-15/h1-3,5-6,8,18H,4,7,9-14H2,(H,19,20). The second kappa shape index (κ2) is 8.84. The summed E-state index contributed by atoms with van der Waals surface area (Å²) >= 11 is 0. The maximum atomic E-state index is 12.0. The van der Waals surface area contributed by atoms with Crippen molar-refractivity contribution in [1.29, 1.82) is 0 Å². The minimum atomic E-state index is -3.35. The lowest BCUT2D eigenvalue weighted by molar-refractivity contribution is -0.118. The fraction of sp³-hybridized carbons (Fsp3) is 0.471. The maximum absolute atomic E-state index is 12.0. The van der Waals surface area contributed by atoms with E-state index >= 15 is 0 Å². The Morgan fingerprint density at radius 3 is 2.70 bits per heavy atom. The summed E-state index contributed by atoms with van der Waals surface area (Å²) in [6.07, 6.45) is 4.18. The molecule has 23 heavy (non-hydrogen) atoms. The molecule has 126 valence electrons. The molecule has 0 fully saturated rings. The van der Waals surface area contributed by atoms with E-state index in [1.54, 1.807) is 0 Å². The van der Waals surface area contributed by atoms with E-state index in [1.165, 1.54) is 0 Å². The molecule has 1 heterocycles. The first kappa shape index (κ1) is 17.7. The number of sulfone groups is 1. The van der Waals surface area contributed by atoms with Crippen LogP contribution >= 0.6 is 0 Å². The third-order valence-corrected chi connectivity index (χ3v) is 5.40. The molecule has 1 aliphatic heterocycles. The Kier molecular flexibility index (Phi) is 6.80. The molecule has 6 heteroatoms. The van der Waals surface area contributed by atoms with E-state index < -0.39 is 21.5 Å². The molecule has 0 saturated carbocycles. The van der Waals surface area contributed by atoms with Gasteiger partial charge in [-0.2, -0.15) is 0 Å². The molecule has 0 unspecified atom stereocenters. The summed E-state index contributed by atoms with van der Waals surface area (Å²) < 4.78 is 24.0. The van der Waals surface area contributed by atoms with E-state index in [9.17, 15) is 13.2 Å². The first-order valence-electron chi connectivity index (χ1n) is 7.95. The second-order valence-electron chi connectivity index (χ2n) is 5.77. The van der Waals surface area contributed by atoms with E-state index in [2.05, 4.69) is 10.6 Å². The summed E-state index contributed by atoms with van der Waals surface area (Å²) in [7, 11) is -3.35. The van der Waals surface area contributed by atoms with Crippen LogP contribution in [-0.2, 0) is 21.1 Å². The molecule has 1 aromatic rings. The summed E-state index contributed by atoms with van der Waals surface area (Å²) in [5.41, 5.74) is 2.27. The van der Waals surface area contributed by atoms with Crippen LogP contribution in [0.4, 0.5) is 0 Å². The van der Waals surface area contributed by atoms with Gasteiger partial charge in [0.15, 0.2) is 9.84 Å². The van der Waals surface area contributed by atoms with E-state index in [-0.39, 0.29) is 5.75 Å². The topological polar surface area (TPSA) is 75.3 Å². The molecule has 0 aromatic heterocycles. The molecule has 0 spiro atoms. The van der Waals surface area contributed by atoms with Gasteiger partial charge in [0.1, 0.15) is 5.75 Å². The number of nitrogens with one attached hydrogen (secondary N) is 2. The third kappa shape index (κ3) is 6.97.